The number of methoxy groups -OCH3 is 1. The first-order chi connectivity index (χ1) is 19.7. The predicted molar refractivity (Wildman–Crippen MR) is 162 cm³/mol. The number of nitrogens with zero attached hydrogens (tertiary/aromatic N) is 5. The zero-order chi connectivity index (χ0) is 29.1. The van der Waals surface area contributed by atoms with Gasteiger partial charge in [0, 0.05) is 35.3 Å². The largest absolute Gasteiger partial charge is 0.494 e. The van der Waals surface area contributed by atoms with Crippen LogP contribution in [0.4, 0.5) is 11.8 Å². The molecule has 2 N–H and O–H groups in total. The molecule has 2 aromatic heterocycles. The van der Waals surface area contributed by atoms with Crippen LogP contribution in [0.5, 0.6) is 5.75 Å². The summed E-state index contributed by atoms with van der Waals surface area (Å²) in [5, 5.41) is 13.0. The van der Waals surface area contributed by atoms with Crippen LogP contribution in [0.25, 0.3) is 22.2 Å². The summed E-state index contributed by atoms with van der Waals surface area (Å²) in [6, 6.07) is 12.6. The maximum Gasteiger partial charge on any atom is 0.264 e. The summed E-state index contributed by atoms with van der Waals surface area (Å²) in [4.78, 5) is 11.7. The van der Waals surface area contributed by atoms with Gasteiger partial charge in [0.05, 0.1) is 17.6 Å². The number of benzene rings is 2. The van der Waals surface area contributed by atoms with E-state index in [-0.39, 0.29) is 15.7 Å². The van der Waals surface area contributed by atoms with Crippen molar-refractivity contribution in [1.29, 1.82) is 0 Å². The second-order valence-electron chi connectivity index (χ2n) is 10.4. The van der Waals surface area contributed by atoms with Crippen molar-refractivity contribution in [3.63, 3.8) is 0 Å². The Kier molecular flexibility index (Phi) is 8.58. The molecule has 12 heteroatoms. The lowest BCUT2D eigenvalue weighted by atomic mass is 9.90. The fraction of sp³-hybridized carbons (Fsp3) is 0.379. The number of hydrogen-bond acceptors (Lipinski definition) is 9. The molecule has 0 saturated heterocycles. The monoisotopic (exact) mass is 595 g/mol. The molecule has 0 unspecified atom stereocenters. The van der Waals surface area contributed by atoms with Crippen LogP contribution in [0, 0.1) is 0 Å². The van der Waals surface area contributed by atoms with Gasteiger partial charge in [0.2, 0.25) is 5.95 Å². The van der Waals surface area contributed by atoms with Gasteiger partial charge in [0.25, 0.3) is 10.0 Å². The Balaban J connectivity index is 1.40. The summed E-state index contributed by atoms with van der Waals surface area (Å²) in [6.07, 6.45) is 7.07. The number of halogens is 1. The van der Waals surface area contributed by atoms with Gasteiger partial charge in [-0.15, -0.1) is 10.2 Å². The Hall–Kier alpha value is -3.54. The highest BCUT2D eigenvalue weighted by Crippen LogP contribution is 2.34. The molecule has 0 bridgehead atoms. The SMILES string of the molecule is CCc1cc(-c2nnc(NS(=O)(=O)c3ccccc3Cl)cc2OC)cc2cnc(NC3CCC(N(C)C)CC3)nc12. The molecule has 41 heavy (non-hydrogen) atoms. The number of hydrogen-bond donors (Lipinski definition) is 2. The van der Waals surface area contributed by atoms with E-state index in [0.29, 0.717) is 29.5 Å². The second-order valence-corrected chi connectivity index (χ2v) is 12.5. The average molecular weight is 596 g/mol. The summed E-state index contributed by atoms with van der Waals surface area (Å²) in [7, 11) is 1.82. The molecule has 2 aromatic carbocycles. The molecule has 1 fully saturated rings. The number of ether oxygens (including phenoxy) is 1. The van der Waals surface area contributed by atoms with Crippen molar-refractivity contribution in [2.75, 3.05) is 31.2 Å². The number of aromatic nitrogens is 4. The fourth-order valence-corrected chi connectivity index (χ4v) is 6.76. The smallest absolute Gasteiger partial charge is 0.264 e. The second kappa shape index (κ2) is 12.1. The van der Waals surface area contributed by atoms with E-state index in [9.17, 15) is 8.42 Å². The lowest BCUT2D eigenvalue weighted by molar-refractivity contribution is 0.221. The van der Waals surface area contributed by atoms with Gasteiger partial charge >= 0.3 is 0 Å². The summed E-state index contributed by atoms with van der Waals surface area (Å²) in [5.41, 5.74) is 3.16. The van der Waals surface area contributed by atoms with E-state index in [4.69, 9.17) is 21.3 Å². The van der Waals surface area contributed by atoms with Gasteiger partial charge in [-0.3, -0.25) is 4.72 Å². The van der Waals surface area contributed by atoms with E-state index >= 15 is 0 Å². The van der Waals surface area contributed by atoms with Crippen molar-refractivity contribution in [3.8, 4) is 17.0 Å². The van der Waals surface area contributed by atoms with Gasteiger partial charge in [0.15, 0.2) is 11.6 Å². The van der Waals surface area contributed by atoms with E-state index < -0.39 is 10.0 Å². The molecule has 0 spiro atoms. The van der Waals surface area contributed by atoms with Crippen LogP contribution >= 0.6 is 11.6 Å². The standard InChI is InChI=1S/C29H34ClN7O3S/c1-5-18-14-19(15-20-17-31-29(33-27(18)20)32-21-10-12-22(13-11-21)37(2)3)28-24(40-4)16-26(34-35-28)36-41(38,39)25-9-7-6-8-23(25)30/h6-9,14-17,21-22H,5,10-13H2,1-4H3,(H,34,36)(H,31,32,33). The van der Waals surface area contributed by atoms with Crippen LogP contribution in [0.1, 0.15) is 38.2 Å². The number of anilines is 2. The van der Waals surface area contributed by atoms with Crippen molar-refractivity contribution in [2.45, 2.75) is 56.0 Å². The molecule has 0 atom stereocenters. The minimum absolute atomic E-state index is 0.0145. The summed E-state index contributed by atoms with van der Waals surface area (Å²) in [5.74, 6) is 1.02. The number of fused-ring (bicyclic) bond motifs is 1. The van der Waals surface area contributed by atoms with Crippen LogP contribution in [0.3, 0.4) is 0 Å². The highest BCUT2D eigenvalue weighted by Gasteiger charge is 2.24. The Morgan fingerprint density at radius 3 is 2.51 bits per heavy atom. The summed E-state index contributed by atoms with van der Waals surface area (Å²) >= 11 is 6.09. The highest BCUT2D eigenvalue weighted by atomic mass is 35.5. The number of nitrogens with one attached hydrogen (secondary N) is 2. The number of rotatable bonds is 9. The molecule has 1 aliphatic carbocycles. The minimum atomic E-state index is -3.97. The third-order valence-electron chi connectivity index (χ3n) is 7.52. The Labute approximate surface area is 245 Å². The predicted octanol–water partition coefficient (Wildman–Crippen LogP) is 5.40. The highest BCUT2D eigenvalue weighted by molar-refractivity contribution is 7.92. The number of sulfonamides is 1. The number of aryl methyl sites for hydroxylation is 1. The van der Waals surface area contributed by atoms with Crippen LogP contribution in [-0.4, -0.2) is 66.8 Å². The van der Waals surface area contributed by atoms with Gasteiger partial charge in [-0.25, -0.2) is 18.4 Å². The first-order valence-electron chi connectivity index (χ1n) is 13.6. The molecule has 0 aliphatic heterocycles. The van der Waals surface area contributed by atoms with Crippen molar-refractivity contribution in [2.24, 2.45) is 0 Å². The normalized spacial score (nSPS) is 17.5. The Bertz CT molecular complexity index is 1660. The van der Waals surface area contributed by atoms with Gasteiger partial charge in [-0.2, -0.15) is 0 Å². The first-order valence-corrected chi connectivity index (χ1v) is 15.5. The van der Waals surface area contributed by atoms with Crippen molar-refractivity contribution in [3.05, 3.63) is 59.2 Å². The van der Waals surface area contributed by atoms with Crippen LogP contribution in [0.2, 0.25) is 5.02 Å². The molecule has 10 nitrogen and oxygen atoms in total. The summed E-state index contributed by atoms with van der Waals surface area (Å²) < 4.78 is 33.8. The maximum absolute atomic E-state index is 12.9. The first kappa shape index (κ1) is 29.0. The van der Waals surface area contributed by atoms with E-state index in [2.05, 4.69) is 51.1 Å². The van der Waals surface area contributed by atoms with Crippen molar-refractivity contribution in [1.82, 2.24) is 25.1 Å². The van der Waals surface area contributed by atoms with Crippen LogP contribution < -0.4 is 14.8 Å². The van der Waals surface area contributed by atoms with E-state index in [1.807, 2.05) is 18.3 Å². The molecule has 1 saturated carbocycles. The minimum Gasteiger partial charge on any atom is -0.494 e. The molecule has 0 radical (unpaired) electrons. The third kappa shape index (κ3) is 6.37. The quantitative estimate of drug-likeness (QED) is 0.262. The molecular formula is C29H34ClN7O3S. The molecular weight excluding hydrogens is 562 g/mol. The summed E-state index contributed by atoms with van der Waals surface area (Å²) in [6.45, 7) is 2.08. The molecule has 4 aromatic rings. The van der Waals surface area contributed by atoms with Gasteiger partial charge in [-0.1, -0.05) is 30.7 Å². The van der Waals surface area contributed by atoms with Crippen molar-refractivity contribution >= 4 is 44.3 Å². The van der Waals surface area contributed by atoms with E-state index in [0.717, 1.165) is 54.1 Å². The topological polar surface area (TPSA) is 122 Å². The third-order valence-corrected chi connectivity index (χ3v) is 9.38. The average Bonchev–Trinajstić information content (AvgIpc) is 2.96. The molecule has 216 valence electrons. The molecule has 1 aliphatic rings. The van der Waals surface area contributed by atoms with Gasteiger partial charge < -0.3 is 15.0 Å². The van der Waals surface area contributed by atoms with Crippen molar-refractivity contribution < 1.29 is 13.2 Å². The lowest BCUT2D eigenvalue weighted by Gasteiger charge is -2.32. The van der Waals surface area contributed by atoms with E-state index in [1.165, 1.54) is 25.3 Å². The maximum atomic E-state index is 12.9. The molecule has 2 heterocycles. The zero-order valence-electron chi connectivity index (χ0n) is 23.6. The fourth-order valence-electron chi connectivity index (χ4n) is 5.25. The van der Waals surface area contributed by atoms with E-state index in [1.54, 1.807) is 12.1 Å². The van der Waals surface area contributed by atoms with Gasteiger partial charge in [0.1, 0.15) is 10.6 Å². The van der Waals surface area contributed by atoms with Gasteiger partial charge in [-0.05, 0) is 76.0 Å². The van der Waals surface area contributed by atoms with Crippen LogP contribution in [-0.2, 0) is 16.4 Å². The lowest BCUT2D eigenvalue weighted by Crippen LogP contribution is -2.36. The Morgan fingerprint density at radius 2 is 1.83 bits per heavy atom. The Morgan fingerprint density at radius 1 is 1.07 bits per heavy atom. The zero-order valence-corrected chi connectivity index (χ0v) is 25.1. The molecule has 5 rings (SSSR count). The molecule has 0 amide bonds. The van der Waals surface area contributed by atoms with Crippen LogP contribution in [0.15, 0.2) is 53.6 Å².